The molecule has 0 unspecified atom stereocenters. The molecule has 0 saturated heterocycles. The lowest BCUT2D eigenvalue weighted by Crippen LogP contribution is -2.96. The molecule has 0 atom stereocenters. The molecule has 148 valence electrons. The molecule has 2 aromatic carbocycles. The molecule has 0 aliphatic carbocycles. The van der Waals surface area contributed by atoms with Gasteiger partial charge in [-0.05, 0) is 50.5 Å². The van der Waals surface area contributed by atoms with E-state index >= 15 is 0 Å². The minimum absolute atomic E-state index is 0.0606. The summed E-state index contributed by atoms with van der Waals surface area (Å²) in [5, 5.41) is 21.0. The molecule has 0 aliphatic heterocycles. The third-order valence-corrected chi connectivity index (χ3v) is 6.77. The fourth-order valence-corrected chi connectivity index (χ4v) is 5.21. The number of anilines is 1. The van der Waals surface area contributed by atoms with Gasteiger partial charge in [0.1, 0.15) is 5.02 Å². The van der Waals surface area contributed by atoms with E-state index in [2.05, 4.69) is 0 Å². The second-order valence-electron chi connectivity index (χ2n) is 6.49. The molecule has 0 radical (unpaired) electrons. The Hall–Kier alpha value is -1.64. The van der Waals surface area contributed by atoms with Crippen molar-refractivity contribution >= 4 is 33.0 Å². The monoisotopic (exact) mass is 411 g/mol. The third kappa shape index (κ3) is 4.44. The SMILES string of the molecule is CCC(CC)N(c1ccc(C)cc1C)S(=O)(=O)c1ccc(Cl)c([NH+]([O-])[O-])c1. The quantitative estimate of drug-likeness (QED) is 0.701. The second-order valence-corrected chi connectivity index (χ2v) is 8.71. The second kappa shape index (κ2) is 8.58. The van der Waals surface area contributed by atoms with Gasteiger partial charge in [0, 0.05) is 12.1 Å². The summed E-state index contributed by atoms with van der Waals surface area (Å²) < 4.78 is 28.4. The van der Waals surface area contributed by atoms with Crippen LogP contribution in [0.3, 0.4) is 0 Å². The molecule has 0 spiro atoms. The zero-order valence-corrected chi connectivity index (χ0v) is 17.4. The van der Waals surface area contributed by atoms with E-state index in [1.54, 1.807) is 6.07 Å². The fourth-order valence-electron chi connectivity index (χ4n) is 3.13. The van der Waals surface area contributed by atoms with Gasteiger partial charge >= 0.3 is 0 Å². The summed E-state index contributed by atoms with van der Waals surface area (Å²) in [7, 11) is -4.00. The molecule has 0 bridgehead atoms. The molecular weight excluding hydrogens is 388 g/mol. The Balaban J connectivity index is 2.69. The van der Waals surface area contributed by atoms with Crippen LogP contribution >= 0.6 is 11.6 Å². The highest BCUT2D eigenvalue weighted by molar-refractivity contribution is 7.92. The number of rotatable bonds is 7. The van der Waals surface area contributed by atoms with Crippen LogP contribution in [0, 0.1) is 24.3 Å². The van der Waals surface area contributed by atoms with E-state index in [4.69, 9.17) is 11.6 Å². The summed E-state index contributed by atoms with van der Waals surface area (Å²) in [5.41, 5.74) is 2.10. The summed E-state index contributed by atoms with van der Waals surface area (Å²) in [6.45, 7) is 7.66. The maximum atomic E-state index is 13.5. The lowest BCUT2D eigenvalue weighted by molar-refractivity contribution is -0.715. The predicted octanol–water partition coefficient (Wildman–Crippen LogP) is 3.85. The van der Waals surface area contributed by atoms with Crippen molar-refractivity contribution in [3.8, 4) is 0 Å². The molecule has 0 amide bonds. The Kier molecular flexibility index (Phi) is 6.88. The van der Waals surface area contributed by atoms with Crippen molar-refractivity contribution in [1.29, 1.82) is 0 Å². The van der Waals surface area contributed by atoms with Gasteiger partial charge in [-0.1, -0.05) is 43.1 Å². The number of benzene rings is 2. The van der Waals surface area contributed by atoms with E-state index in [1.165, 1.54) is 16.4 Å². The summed E-state index contributed by atoms with van der Waals surface area (Å²) >= 11 is 5.87. The number of sulfonamides is 1. The Morgan fingerprint density at radius 1 is 1.07 bits per heavy atom. The highest BCUT2D eigenvalue weighted by Crippen LogP contribution is 2.33. The lowest BCUT2D eigenvalue weighted by atomic mass is 10.1. The van der Waals surface area contributed by atoms with Crippen LogP contribution in [-0.2, 0) is 10.0 Å². The molecular formula is C19H24ClN2O4S-. The molecule has 1 N–H and O–H groups in total. The van der Waals surface area contributed by atoms with Crippen molar-refractivity contribution < 1.29 is 13.6 Å². The first-order valence-corrected chi connectivity index (χ1v) is 10.6. The van der Waals surface area contributed by atoms with Gasteiger partial charge in [-0.2, -0.15) is 0 Å². The predicted molar refractivity (Wildman–Crippen MR) is 109 cm³/mol. The van der Waals surface area contributed by atoms with Gasteiger partial charge in [-0.15, -0.1) is 0 Å². The van der Waals surface area contributed by atoms with Gasteiger partial charge in [-0.25, -0.2) is 8.42 Å². The van der Waals surface area contributed by atoms with Crippen molar-refractivity contribution in [3.63, 3.8) is 0 Å². The van der Waals surface area contributed by atoms with Crippen molar-refractivity contribution in [3.05, 3.63) is 63.0 Å². The number of hydrogen-bond donors (Lipinski definition) is 1. The van der Waals surface area contributed by atoms with E-state index in [0.717, 1.165) is 17.2 Å². The van der Waals surface area contributed by atoms with E-state index < -0.39 is 15.2 Å². The Labute approximate surface area is 165 Å². The van der Waals surface area contributed by atoms with Crippen molar-refractivity contribution in [2.45, 2.75) is 51.5 Å². The number of aryl methyl sites for hydroxylation is 2. The smallest absolute Gasteiger partial charge is 0.264 e. The van der Waals surface area contributed by atoms with Crippen molar-refractivity contribution in [2.75, 3.05) is 4.31 Å². The molecule has 0 fully saturated rings. The van der Waals surface area contributed by atoms with Gasteiger partial charge in [-0.3, -0.25) is 4.31 Å². The van der Waals surface area contributed by atoms with E-state index in [-0.39, 0.29) is 21.6 Å². The van der Waals surface area contributed by atoms with Gasteiger partial charge in [0.2, 0.25) is 0 Å². The van der Waals surface area contributed by atoms with Crippen molar-refractivity contribution in [1.82, 2.24) is 0 Å². The average Bonchev–Trinajstić information content (AvgIpc) is 2.60. The Bertz CT molecular complexity index is 912. The molecule has 27 heavy (non-hydrogen) atoms. The molecule has 2 rings (SSSR count). The van der Waals surface area contributed by atoms with E-state index in [1.807, 2.05) is 39.8 Å². The van der Waals surface area contributed by atoms with Gasteiger partial charge < -0.3 is 15.6 Å². The molecule has 2 aromatic rings. The first-order valence-electron chi connectivity index (χ1n) is 8.76. The van der Waals surface area contributed by atoms with Gasteiger partial charge in [0.05, 0.1) is 10.6 Å². The topological polar surface area (TPSA) is 87.9 Å². The first-order chi connectivity index (χ1) is 12.6. The molecule has 8 heteroatoms. The van der Waals surface area contributed by atoms with Crippen LogP contribution in [-0.4, -0.2) is 14.5 Å². The Morgan fingerprint density at radius 3 is 2.22 bits per heavy atom. The number of nitrogens with one attached hydrogen (secondary N) is 1. The molecule has 6 nitrogen and oxygen atoms in total. The highest BCUT2D eigenvalue weighted by Gasteiger charge is 2.32. The molecule has 0 saturated carbocycles. The summed E-state index contributed by atoms with van der Waals surface area (Å²) in [4.78, 5) is -0.127. The maximum absolute atomic E-state index is 13.5. The zero-order valence-electron chi connectivity index (χ0n) is 15.8. The molecule has 0 aliphatic rings. The van der Waals surface area contributed by atoms with Crippen LogP contribution in [0.15, 0.2) is 41.3 Å². The van der Waals surface area contributed by atoms with Crippen LogP contribution in [0.1, 0.15) is 37.8 Å². The van der Waals surface area contributed by atoms with Gasteiger partial charge in [0.15, 0.2) is 5.69 Å². The molecule has 0 heterocycles. The summed E-state index contributed by atoms with van der Waals surface area (Å²) in [6, 6.07) is 8.96. The average molecular weight is 412 g/mol. The number of quaternary nitrogens is 1. The summed E-state index contributed by atoms with van der Waals surface area (Å²) in [6.07, 6.45) is 1.23. The number of halogens is 1. The largest absolute Gasteiger partial charge is 0.628 e. The van der Waals surface area contributed by atoms with Crippen LogP contribution in [0.5, 0.6) is 0 Å². The highest BCUT2D eigenvalue weighted by atomic mass is 35.5. The normalized spacial score (nSPS) is 12.0. The van der Waals surface area contributed by atoms with Crippen molar-refractivity contribution in [2.24, 2.45) is 0 Å². The first kappa shape index (κ1) is 21.7. The Morgan fingerprint density at radius 2 is 1.70 bits per heavy atom. The molecule has 0 aromatic heterocycles. The van der Waals surface area contributed by atoms with Crippen LogP contribution < -0.4 is 9.53 Å². The van der Waals surface area contributed by atoms with Gasteiger partial charge in [0.25, 0.3) is 10.0 Å². The standard InChI is InChI=1S/C19H24ClN2O4S/c1-5-15(6-2)21(18-10-7-13(3)11-14(18)4)27(25,26)16-8-9-17(20)19(12-16)22(23)24/h7-12,15,22H,5-6H2,1-4H3/q-1. The zero-order chi connectivity index (χ0) is 20.4. The van der Waals surface area contributed by atoms with E-state index in [9.17, 15) is 18.8 Å². The third-order valence-electron chi connectivity index (χ3n) is 4.58. The van der Waals surface area contributed by atoms with Crippen LogP contribution in [0.25, 0.3) is 0 Å². The summed E-state index contributed by atoms with van der Waals surface area (Å²) in [5.74, 6) is 0. The van der Waals surface area contributed by atoms with E-state index in [0.29, 0.717) is 18.5 Å². The minimum atomic E-state index is -4.00. The number of hydrogen-bond acceptors (Lipinski definition) is 4. The maximum Gasteiger partial charge on any atom is 0.264 e. The van der Waals surface area contributed by atoms with Crippen LogP contribution in [0.2, 0.25) is 5.02 Å². The number of nitrogens with zero attached hydrogens (tertiary/aromatic N) is 1. The fraction of sp³-hybridized carbons (Fsp3) is 0.368. The van der Waals surface area contributed by atoms with Crippen LogP contribution in [0.4, 0.5) is 11.4 Å². The lowest BCUT2D eigenvalue weighted by Gasteiger charge is -2.33. The minimum Gasteiger partial charge on any atom is -0.628 e.